The third-order valence-corrected chi connectivity index (χ3v) is 3.47. The van der Waals surface area contributed by atoms with Crippen molar-refractivity contribution in [1.29, 1.82) is 0 Å². The lowest BCUT2D eigenvalue weighted by Crippen LogP contribution is -2.44. The van der Waals surface area contributed by atoms with Crippen LogP contribution in [0.1, 0.15) is 38.7 Å². The monoisotopic (exact) mass is 376 g/mol. The van der Waals surface area contributed by atoms with Gasteiger partial charge in [0.15, 0.2) is 0 Å². The van der Waals surface area contributed by atoms with Crippen molar-refractivity contribution in [2.45, 2.75) is 39.2 Å². The Bertz CT molecular complexity index is 683. The number of nitrogens with one attached hydrogen (secondary N) is 4. The molecular weight excluding hydrogens is 348 g/mol. The Morgan fingerprint density at radius 3 is 2.78 bits per heavy atom. The van der Waals surface area contributed by atoms with Crippen molar-refractivity contribution in [3.8, 4) is 11.8 Å². The fourth-order valence-electron chi connectivity index (χ4n) is 1.97. The topological polar surface area (TPSA) is 117 Å². The number of hydrogen-bond acceptors (Lipinski definition) is 7. The Morgan fingerprint density at radius 1 is 1.33 bits per heavy atom. The number of nitrogens with zero attached hydrogens (tertiary/aromatic N) is 2. The molecule has 9 heteroatoms. The normalized spacial score (nSPS) is 10.8. The van der Waals surface area contributed by atoms with Gasteiger partial charge in [-0.1, -0.05) is 18.8 Å². The van der Waals surface area contributed by atoms with Gasteiger partial charge < -0.3 is 26.0 Å². The minimum Gasteiger partial charge on any atom is -0.453 e. The Labute approximate surface area is 160 Å². The van der Waals surface area contributed by atoms with E-state index in [0.29, 0.717) is 31.2 Å². The van der Waals surface area contributed by atoms with Gasteiger partial charge >= 0.3 is 6.09 Å². The van der Waals surface area contributed by atoms with Gasteiger partial charge in [-0.25, -0.2) is 9.78 Å². The summed E-state index contributed by atoms with van der Waals surface area (Å²) in [5.41, 5.74) is 0.738. The molecule has 1 rings (SSSR count). The number of methoxy groups -OCH3 is 1. The number of anilines is 2. The molecule has 1 unspecified atom stereocenters. The van der Waals surface area contributed by atoms with E-state index in [1.165, 1.54) is 7.11 Å². The second kappa shape index (κ2) is 12.4. The molecule has 1 atom stereocenters. The van der Waals surface area contributed by atoms with Crippen molar-refractivity contribution in [3.05, 3.63) is 11.8 Å². The van der Waals surface area contributed by atoms with E-state index in [-0.39, 0.29) is 5.91 Å². The van der Waals surface area contributed by atoms with Gasteiger partial charge in [0.05, 0.1) is 18.9 Å². The second-order valence-corrected chi connectivity index (χ2v) is 5.69. The highest BCUT2D eigenvalue weighted by Gasteiger charge is 2.14. The maximum Gasteiger partial charge on any atom is 0.407 e. The van der Waals surface area contributed by atoms with Crippen LogP contribution >= 0.6 is 0 Å². The first kappa shape index (κ1) is 22.0. The van der Waals surface area contributed by atoms with Crippen molar-refractivity contribution in [1.82, 2.24) is 20.6 Å². The average molecular weight is 376 g/mol. The van der Waals surface area contributed by atoms with E-state index in [4.69, 9.17) is 0 Å². The number of amides is 2. The van der Waals surface area contributed by atoms with Crippen LogP contribution in [0.15, 0.2) is 6.20 Å². The van der Waals surface area contributed by atoms with Crippen LogP contribution in [0.2, 0.25) is 0 Å². The summed E-state index contributed by atoms with van der Waals surface area (Å²) in [7, 11) is 3.01. The van der Waals surface area contributed by atoms with Crippen LogP contribution < -0.4 is 21.3 Å². The highest BCUT2D eigenvalue weighted by atomic mass is 16.5. The van der Waals surface area contributed by atoms with Crippen LogP contribution in [-0.2, 0) is 9.53 Å². The first-order valence-corrected chi connectivity index (χ1v) is 8.91. The van der Waals surface area contributed by atoms with Crippen molar-refractivity contribution in [2.75, 3.05) is 37.9 Å². The lowest BCUT2D eigenvalue weighted by atomic mass is 10.2. The molecule has 27 heavy (non-hydrogen) atoms. The smallest absolute Gasteiger partial charge is 0.407 e. The summed E-state index contributed by atoms with van der Waals surface area (Å²) >= 11 is 0. The molecule has 0 saturated carbocycles. The molecule has 0 spiro atoms. The molecule has 0 radical (unpaired) electrons. The van der Waals surface area contributed by atoms with E-state index >= 15 is 0 Å². The summed E-state index contributed by atoms with van der Waals surface area (Å²) < 4.78 is 4.45. The van der Waals surface area contributed by atoms with Gasteiger partial charge in [0.25, 0.3) is 0 Å². The zero-order valence-corrected chi connectivity index (χ0v) is 16.3. The summed E-state index contributed by atoms with van der Waals surface area (Å²) in [6.07, 6.45) is 3.33. The highest BCUT2D eigenvalue weighted by molar-refractivity contribution is 5.85. The zero-order valence-electron chi connectivity index (χ0n) is 16.3. The molecule has 0 bridgehead atoms. The summed E-state index contributed by atoms with van der Waals surface area (Å²) in [5, 5.41) is 11.3. The second-order valence-electron chi connectivity index (χ2n) is 5.69. The molecule has 9 nitrogen and oxygen atoms in total. The number of hydrogen-bond donors (Lipinski definition) is 4. The Balaban J connectivity index is 2.46. The Kier molecular flexibility index (Phi) is 10.1. The maximum atomic E-state index is 11.8. The summed E-state index contributed by atoms with van der Waals surface area (Å²) in [4.78, 5) is 31.4. The largest absolute Gasteiger partial charge is 0.453 e. The SMILES string of the molecule is CCCNc1nc(NC)ncc1C#CCCCNC(=O)C(C)NC(=O)OC. The number of carbonyl (C=O) groups excluding carboxylic acids is 2. The van der Waals surface area contributed by atoms with E-state index in [9.17, 15) is 9.59 Å². The minimum atomic E-state index is -0.654. The first-order valence-electron chi connectivity index (χ1n) is 8.91. The summed E-state index contributed by atoms with van der Waals surface area (Å²) in [6.45, 7) is 4.94. The molecule has 0 fully saturated rings. The molecule has 0 aliphatic carbocycles. The number of ether oxygens (including phenoxy) is 1. The number of rotatable bonds is 9. The minimum absolute atomic E-state index is 0.268. The van der Waals surface area contributed by atoms with Crippen molar-refractivity contribution >= 4 is 23.8 Å². The first-order chi connectivity index (χ1) is 13.0. The van der Waals surface area contributed by atoms with Crippen LogP contribution in [0, 0.1) is 11.8 Å². The van der Waals surface area contributed by atoms with E-state index in [1.807, 2.05) is 0 Å². The third-order valence-electron chi connectivity index (χ3n) is 3.47. The number of unbranched alkanes of at least 4 members (excludes halogenated alkanes) is 1. The lowest BCUT2D eigenvalue weighted by Gasteiger charge is -2.12. The van der Waals surface area contributed by atoms with Gasteiger partial charge in [-0.15, -0.1) is 0 Å². The quantitative estimate of drug-likeness (QED) is 0.379. The molecule has 2 amide bonds. The number of aromatic nitrogens is 2. The van der Waals surface area contributed by atoms with E-state index < -0.39 is 12.1 Å². The van der Waals surface area contributed by atoms with Gasteiger partial charge in [-0.3, -0.25) is 4.79 Å². The van der Waals surface area contributed by atoms with Gasteiger partial charge in [0.2, 0.25) is 11.9 Å². The fourth-order valence-corrected chi connectivity index (χ4v) is 1.97. The average Bonchev–Trinajstić information content (AvgIpc) is 2.68. The van der Waals surface area contributed by atoms with Crippen LogP contribution in [0.25, 0.3) is 0 Å². The molecule has 0 aromatic carbocycles. The van der Waals surface area contributed by atoms with Crippen LogP contribution in [0.3, 0.4) is 0 Å². The van der Waals surface area contributed by atoms with Crippen LogP contribution in [0.4, 0.5) is 16.6 Å². The van der Waals surface area contributed by atoms with E-state index in [1.54, 1.807) is 20.2 Å². The fraction of sp³-hybridized carbons (Fsp3) is 0.556. The number of carbonyl (C=O) groups is 2. The van der Waals surface area contributed by atoms with Crippen molar-refractivity contribution in [3.63, 3.8) is 0 Å². The van der Waals surface area contributed by atoms with Gasteiger partial charge in [0, 0.05) is 26.6 Å². The Hall–Kier alpha value is -3.02. The molecule has 0 aliphatic rings. The van der Waals surface area contributed by atoms with Crippen molar-refractivity contribution in [2.24, 2.45) is 0 Å². The number of alkyl carbamates (subject to hydrolysis) is 1. The predicted molar refractivity (Wildman–Crippen MR) is 104 cm³/mol. The maximum absolute atomic E-state index is 11.8. The summed E-state index contributed by atoms with van der Waals surface area (Å²) in [6, 6.07) is -0.654. The standard InChI is InChI=1S/C18H28N6O3/c1-5-10-20-15-14(12-22-17(19-3)24-15)9-7-6-8-11-21-16(25)13(2)23-18(26)27-4/h12-13H,5-6,8,10-11H2,1-4H3,(H,21,25)(H,23,26)(H2,19,20,22,24). The molecule has 4 N–H and O–H groups in total. The molecule has 0 aliphatic heterocycles. The van der Waals surface area contributed by atoms with Crippen LogP contribution in [-0.4, -0.2) is 55.3 Å². The van der Waals surface area contributed by atoms with Gasteiger partial charge in [-0.2, -0.15) is 4.98 Å². The molecule has 148 valence electrons. The summed E-state index contributed by atoms with van der Waals surface area (Å²) in [5.74, 6) is 7.11. The van der Waals surface area contributed by atoms with Crippen LogP contribution in [0.5, 0.6) is 0 Å². The highest BCUT2D eigenvalue weighted by Crippen LogP contribution is 2.12. The van der Waals surface area contributed by atoms with E-state index in [2.05, 4.69) is 54.7 Å². The lowest BCUT2D eigenvalue weighted by molar-refractivity contribution is -0.122. The molecular formula is C18H28N6O3. The molecule has 1 heterocycles. The van der Waals surface area contributed by atoms with Gasteiger partial charge in [0.1, 0.15) is 11.9 Å². The molecule has 1 aromatic rings. The van der Waals surface area contributed by atoms with Crippen molar-refractivity contribution < 1.29 is 14.3 Å². The van der Waals surface area contributed by atoms with Gasteiger partial charge in [-0.05, 0) is 19.8 Å². The third kappa shape index (κ3) is 8.27. The zero-order chi connectivity index (χ0) is 20.1. The Morgan fingerprint density at radius 2 is 2.11 bits per heavy atom. The van der Waals surface area contributed by atoms with E-state index in [0.717, 1.165) is 18.5 Å². The predicted octanol–water partition coefficient (Wildman–Crippen LogP) is 1.33. The molecule has 0 saturated heterocycles. The molecule has 1 aromatic heterocycles.